The number of phenols is 1. The van der Waals surface area contributed by atoms with Gasteiger partial charge in [-0.2, -0.15) is 0 Å². The minimum Gasteiger partial charge on any atom is -0.508 e. The second-order valence-electron chi connectivity index (χ2n) is 4.38. The quantitative estimate of drug-likeness (QED) is 0.638. The van der Waals surface area contributed by atoms with E-state index >= 15 is 0 Å². The molecule has 1 aromatic rings. The molecule has 0 aliphatic rings. The Balaban J connectivity index is 2.79. The number of Topliss-reactive ketones (excluding diaryl/α,β-unsaturated/α-hetero) is 1. The van der Waals surface area contributed by atoms with E-state index in [0.29, 0.717) is 0 Å². The highest BCUT2D eigenvalue weighted by atomic mass is 16.5. The number of rotatable bonds is 4. The Morgan fingerprint density at radius 2 is 1.76 bits per heavy atom. The van der Waals surface area contributed by atoms with Crippen LogP contribution in [0, 0.1) is 5.41 Å². The number of carbonyl (C=O) groups excluding carboxylic acids is 2. The van der Waals surface area contributed by atoms with Crippen molar-refractivity contribution in [2.24, 2.45) is 5.41 Å². The lowest BCUT2D eigenvalue weighted by Gasteiger charge is -2.19. The third-order valence-corrected chi connectivity index (χ3v) is 2.69. The predicted molar refractivity (Wildman–Crippen MR) is 62.6 cm³/mol. The van der Waals surface area contributed by atoms with Gasteiger partial charge in [-0.3, -0.25) is 9.59 Å². The van der Waals surface area contributed by atoms with Crippen molar-refractivity contribution in [3.63, 3.8) is 0 Å². The van der Waals surface area contributed by atoms with Crippen molar-refractivity contribution in [2.45, 2.75) is 20.3 Å². The minimum absolute atomic E-state index is 0.141. The highest BCUT2D eigenvalue weighted by Crippen LogP contribution is 2.21. The molecule has 0 fully saturated rings. The first kappa shape index (κ1) is 13.2. The molecule has 92 valence electrons. The topological polar surface area (TPSA) is 63.6 Å². The van der Waals surface area contributed by atoms with Gasteiger partial charge in [-0.05, 0) is 31.5 Å². The lowest BCUT2D eigenvalue weighted by Crippen LogP contribution is -2.35. The standard InChI is InChI=1S/C13H16O4/c1-13(2,12(16)17-3)11(15)8-9-4-6-10(14)7-5-9/h4-7,14H,8H2,1-3H3. The van der Waals surface area contributed by atoms with Crippen LogP contribution in [0.2, 0.25) is 0 Å². The van der Waals surface area contributed by atoms with Crippen LogP contribution in [0.1, 0.15) is 19.4 Å². The summed E-state index contributed by atoms with van der Waals surface area (Å²) in [4.78, 5) is 23.4. The van der Waals surface area contributed by atoms with Crippen molar-refractivity contribution in [3.05, 3.63) is 29.8 Å². The van der Waals surface area contributed by atoms with Gasteiger partial charge in [0.25, 0.3) is 0 Å². The molecule has 0 atom stereocenters. The molecule has 17 heavy (non-hydrogen) atoms. The van der Waals surface area contributed by atoms with Crippen LogP contribution in [-0.4, -0.2) is 24.0 Å². The lowest BCUT2D eigenvalue weighted by atomic mass is 9.85. The van der Waals surface area contributed by atoms with Crippen LogP contribution in [0.4, 0.5) is 0 Å². The van der Waals surface area contributed by atoms with Gasteiger partial charge < -0.3 is 9.84 Å². The van der Waals surface area contributed by atoms with Crippen LogP contribution in [0.3, 0.4) is 0 Å². The molecule has 0 spiro atoms. The average molecular weight is 236 g/mol. The van der Waals surface area contributed by atoms with Crippen LogP contribution in [0.5, 0.6) is 5.75 Å². The van der Waals surface area contributed by atoms with Crippen molar-refractivity contribution >= 4 is 11.8 Å². The lowest BCUT2D eigenvalue weighted by molar-refractivity contribution is -0.155. The summed E-state index contributed by atoms with van der Waals surface area (Å²) >= 11 is 0. The number of methoxy groups -OCH3 is 1. The van der Waals surface area contributed by atoms with Crippen molar-refractivity contribution in [3.8, 4) is 5.75 Å². The number of phenolic OH excluding ortho intramolecular Hbond substituents is 1. The Bertz CT molecular complexity index is 418. The monoisotopic (exact) mass is 236 g/mol. The van der Waals surface area contributed by atoms with E-state index in [4.69, 9.17) is 5.11 Å². The van der Waals surface area contributed by atoms with Crippen LogP contribution < -0.4 is 0 Å². The molecular weight excluding hydrogens is 220 g/mol. The summed E-state index contributed by atoms with van der Waals surface area (Å²) in [6.45, 7) is 3.09. The molecule has 1 aromatic carbocycles. The van der Waals surface area contributed by atoms with E-state index in [2.05, 4.69) is 4.74 Å². The summed E-state index contributed by atoms with van der Waals surface area (Å²) < 4.78 is 4.59. The second-order valence-corrected chi connectivity index (χ2v) is 4.38. The molecule has 0 radical (unpaired) electrons. The summed E-state index contributed by atoms with van der Waals surface area (Å²) in [5.41, 5.74) is -0.392. The number of hydrogen-bond acceptors (Lipinski definition) is 4. The molecular formula is C13H16O4. The minimum atomic E-state index is -1.15. The Morgan fingerprint density at radius 3 is 2.24 bits per heavy atom. The van der Waals surface area contributed by atoms with Gasteiger partial charge in [-0.25, -0.2) is 0 Å². The first-order chi connectivity index (χ1) is 7.87. The summed E-state index contributed by atoms with van der Waals surface area (Å²) in [7, 11) is 1.26. The zero-order valence-corrected chi connectivity index (χ0v) is 10.2. The number of ketones is 1. The molecule has 1 rings (SSSR count). The van der Waals surface area contributed by atoms with Gasteiger partial charge in [0.1, 0.15) is 11.2 Å². The van der Waals surface area contributed by atoms with E-state index in [0.717, 1.165) is 5.56 Å². The summed E-state index contributed by atoms with van der Waals surface area (Å²) in [6, 6.07) is 6.32. The van der Waals surface area contributed by atoms with E-state index in [-0.39, 0.29) is 18.0 Å². The number of benzene rings is 1. The van der Waals surface area contributed by atoms with Crippen LogP contribution in [-0.2, 0) is 20.7 Å². The molecule has 0 saturated carbocycles. The van der Waals surface area contributed by atoms with Gasteiger partial charge in [-0.15, -0.1) is 0 Å². The van der Waals surface area contributed by atoms with Gasteiger partial charge in [0.15, 0.2) is 5.78 Å². The molecule has 4 nitrogen and oxygen atoms in total. The fraction of sp³-hybridized carbons (Fsp3) is 0.385. The third kappa shape index (κ3) is 3.06. The average Bonchev–Trinajstić information content (AvgIpc) is 2.30. The molecule has 4 heteroatoms. The Labute approximate surface area is 100 Å². The van der Waals surface area contributed by atoms with E-state index < -0.39 is 11.4 Å². The van der Waals surface area contributed by atoms with Crippen molar-refractivity contribution in [1.82, 2.24) is 0 Å². The fourth-order valence-electron chi connectivity index (χ4n) is 1.39. The first-order valence-corrected chi connectivity index (χ1v) is 5.27. The molecule has 0 aliphatic carbocycles. The molecule has 0 bridgehead atoms. The number of aromatic hydroxyl groups is 1. The fourth-order valence-corrected chi connectivity index (χ4v) is 1.39. The SMILES string of the molecule is COC(=O)C(C)(C)C(=O)Cc1ccc(O)cc1. The molecule has 1 N–H and O–H groups in total. The van der Waals surface area contributed by atoms with Crippen molar-refractivity contribution in [1.29, 1.82) is 0 Å². The molecule has 0 aromatic heterocycles. The van der Waals surface area contributed by atoms with Gasteiger partial charge in [0.2, 0.25) is 0 Å². The number of carbonyl (C=O) groups is 2. The summed E-state index contributed by atoms with van der Waals surface area (Å²) in [5, 5.41) is 9.12. The number of hydrogen-bond donors (Lipinski definition) is 1. The maximum atomic E-state index is 12.0. The Kier molecular flexibility index (Phi) is 3.89. The normalized spacial score (nSPS) is 11.0. The first-order valence-electron chi connectivity index (χ1n) is 5.27. The van der Waals surface area contributed by atoms with E-state index in [1.54, 1.807) is 26.0 Å². The Morgan fingerprint density at radius 1 is 1.24 bits per heavy atom. The number of esters is 1. The molecule has 0 saturated heterocycles. The van der Waals surface area contributed by atoms with Gasteiger partial charge in [0.05, 0.1) is 7.11 Å². The highest BCUT2D eigenvalue weighted by molar-refractivity contribution is 6.03. The molecule has 0 heterocycles. The van der Waals surface area contributed by atoms with E-state index in [1.807, 2.05) is 0 Å². The number of ether oxygens (including phenoxy) is 1. The smallest absolute Gasteiger partial charge is 0.318 e. The molecule has 0 unspecified atom stereocenters. The zero-order valence-electron chi connectivity index (χ0n) is 10.2. The van der Waals surface area contributed by atoms with Crippen LogP contribution in [0.25, 0.3) is 0 Å². The molecule has 0 amide bonds. The van der Waals surface area contributed by atoms with Gasteiger partial charge >= 0.3 is 5.97 Å². The predicted octanol–water partition coefficient (Wildman–Crippen LogP) is 1.70. The Hall–Kier alpha value is -1.84. The zero-order chi connectivity index (χ0) is 13.1. The highest BCUT2D eigenvalue weighted by Gasteiger charge is 2.36. The van der Waals surface area contributed by atoms with E-state index in [1.165, 1.54) is 19.2 Å². The largest absolute Gasteiger partial charge is 0.508 e. The summed E-state index contributed by atoms with van der Waals surface area (Å²) in [6.07, 6.45) is 0.141. The van der Waals surface area contributed by atoms with Crippen molar-refractivity contribution < 1.29 is 19.4 Å². The summed E-state index contributed by atoms with van der Waals surface area (Å²) in [5.74, 6) is -0.607. The maximum absolute atomic E-state index is 12.0. The molecule has 0 aliphatic heterocycles. The van der Waals surface area contributed by atoms with Gasteiger partial charge in [0, 0.05) is 6.42 Å². The van der Waals surface area contributed by atoms with Crippen LogP contribution in [0.15, 0.2) is 24.3 Å². The maximum Gasteiger partial charge on any atom is 0.318 e. The van der Waals surface area contributed by atoms with Crippen molar-refractivity contribution in [2.75, 3.05) is 7.11 Å². The van der Waals surface area contributed by atoms with E-state index in [9.17, 15) is 9.59 Å². The second kappa shape index (κ2) is 4.99. The third-order valence-electron chi connectivity index (χ3n) is 2.69. The van der Waals surface area contributed by atoms with Gasteiger partial charge in [-0.1, -0.05) is 12.1 Å². The van der Waals surface area contributed by atoms with Crippen LogP contribution >= 0.6 is 0 Å².